The molecule has 2 rings (SSSR count). The maximum atomic E-state index is 10.5. The van der Waals surface area contributed by atoms with Crippen LogP contribution in [0.1, 0.15) is 6.42 Å². The molecule has 0 amide bonds. The standard InChI is InChI=1S/C7H8O3/c8-7(9)5-3-4-1-2-6(5)10-4/h1-2,4-6H,3H2,(H,8,9)/t4?,5-,6?/m0/s1. The molecule has 0 aromatic heterocycles. The number of fused-ring (bicyclic) bond motifs is 2. The maximum absolute atomic E-state index is 10.5. The lowest BCUT2D eigenvalue weighted by Crippen LogP contribution is -2.22. The molecule has 2 heterocycles. The second kappa shape index (κ2) is 1.83. The second-order valence-electron chi connectivity index (χ2n) is 2.70. The van der Waals surface area contributed by atoms with Gasteiger partial charge in [-0.05, 0) is 6.42 Å². The highest BCUT2D eigenvalue weighted by Crippen LogP contribution is 2.33. The van der Waals surface area contributed by atoms with Crippen LogP contribution < -0.4 is 0 Å². The lowest BCUT2D eigenvalue weighted by molar-refractivity contribution is -0.142. The third-order valence-corrected chi connectivity index (χ3v) is 2.05. The first kappa shape index (κ1) is 5.92. The summed E-state index contributed by atoms with van der Waals surface area (Å²) in [6.45, 7) is 0. The minimum Gasteiger partial charge on any atom is -0.481 e. The summed E-state index contributed by atoms with van der Waals surface area (Å²) in [5.74, 6) is -1.04. The predicted molar refractivity (Wildman–Crippen MR) is 33.5 cm³/mol. The minimum absolute atomic E-state index is 0.0751. The van der Waals surface area contributed by atoms with E-state index < -0.39 is 5.97 Å². The van der Waals surface area contributed by atoms with Crippen LogP contribution in [0, 0.1) is 5.92 Å². The van der Waals surface area contributed by atoms with Crippen LogP contribution in [0.2, 0.25) is 0 Å². The summed E-state index contributed by atoms with van der Waals surface area (Å²) in [5.41, 5.74) is 0. The first-order valence-electron chi connectivity index (χ1n) is 3.34. The van der Waals surface area contributed by atoms with Crippen LogP contribution in [-0.4, -0.2) is 23.3 Å². The first-order valence-corrected chi connectivity index (χ1v) is 3.34. The van der Waals surface area contributed by atoms with Crippen molar-refractivity contribution in [2.24, 2.45) is 5.92 Å². The SMILES string of the molecule is O=C(O)[C@H]1CC2C=CC1O2. The zero-order valence-electron chi connectivity index (χ0n) is 5.36. The van der Waals surface area contributed by atoms with Crippen LogP contribution in [-0.2, 0) is 9.53 Å². The van der Waals surface area contributed by atoms with Gasteiger partial charge in [0, 0.05) is 0 Å². The Labute approximate surface area is 58.3 Å². The Balaban J connectivity index is 2.16. The predicted octanol–water partition coefficient (Wildman–Crippen LogP) is 0.415. The number of ether oxygens (including phenoxy) is 1. The fourth-order valence-electron chi connectivity index (χ4n) is 1.51. The van der Waals surface area contributed by atoms with E-state index in [1.165, 1.54) is 0 Å². The average Bonchev–Trinajstić information content (AvgIpc) is 2.44. The number of hydrogen-bond acceptors (Lipinski definition) is 2. The summed E-state index contributed by atoms with van der Waals surface area (Å²) in [6, 6.07) is 0. The van der Waals surface area contributed by atoms with E-state index in [-0.39, 0.29) is 18.1 Å². The van der Waals surface area contributed by atoms with Gasteiger partial charge in [-0.3, -0.25) is 4.79 Å². The molecule has 0 aromatic rings. The lowest BCUT2D eigenvalue weighted by Gasteiger charge is -2.08. The Morgan fingerprint density at radius 1 is 1.60 bits per heavy atom. The van der Waals surface area contributed by atoms with Gasteiger partial charge in [-0.25, -0.2) is 0 Å². The molecule has 0 saturated carbocycles. The van der Waals surface area contributed by atoms with Crippen LogP contribution >= 0.6 is 0 Å². The molecule has 1 saturated heterocycles. The van der Waals surface area contributed by atoms with E-state index in [0.29, 0.717) is 6.42 Å². The third-order valence-electron chi connectivity index (χ3n) is 2.05. The molecule has 0 radical (unpaired) electrons. The highest BCUT2D eigenvalue weighted by molar-refractivity contribution is 5.72. The molecule has 2 bridgehead atoms. The van der Waals surface area contributed by atoms with Gasteiger partial charge in [0.15, 0.2) is 0 Å². The summed E-state index contributed by atoms with van der Waals surface area (Å²) in [7, 11) is 0. The van der Waals surface area contributed by atoms with Crippen LogP contribution in [0.25, 0.3) is 0 Å². The largest absolute Gasteiger partial charge is 0.481 e. The summed E-state index contributed by atoms with van der Waals surface area (Å²) >= 11 is 0. The Morgan fingerprint density at radius 3 is 2.70 bits per heavy atom. The normalized spacial score (nSPS) is 42.6. The topological polar surface area (TPSA) is 46.5 Å². The molecule has 0 aromatic carbocycles. The molecule has 2 unspecified atom stereocenters. The molecule has 2 aliphatic rings. The second-order valence-corrected chi connectivity index (χ2v) is 2.70. The van der Waals surface area contributed by atoms with Crippen molar-refractivity contribution < 1.29 is 14.6 Å². The van der Waals surface area contributed by atoms with Gasteiger partial charge in [0.25, 0.3) is 0 Å². The molecule has 3 heteroatoms. The zero-order chi connectivity index (χ0) is 7.14. The van der Waals surface area contributed by atoms with Crippen molar-refractivity contribution in [2.45, 2.75) is 18.6 Å². The van der Waals surface area contributed by atoms with Crippen LogP contribution in [0.3, 0.4) is 0 Å². The number of hydrogen-bond donors (Lipinski definition) is 1. The van der Waals surface area contributed by atoms with E-state index in [2.05, 4.69) is 0 Å². The molecule has 3 nitrogen and oxygen atoms in total. The fourth-order valence-corrected chi connectivity index (χ4v) is 1.51. The van der Waals surface area contributed by atoms with Gasteiger partial charge >= 0.3 is 5.97 Å². The van der Waals surface area contributed by atoms with E-state index in [1.807, 2.05) is 12.2 Å². The van der Waals surface area contributed by atoms with E-state index in [9.17, 15) is 4.79 Å². The van der Waals surface area contributed by atoms with Crippen molar-refractivity contribution in [3.8, 4) is 0 Å². The first-order chi connectivity index (χ1) is 4.77. The quantitative estimate of drug-likeness (QED) is 0.537. The van der Waals surface area contributed by atoms with Gasteiger partial charge in [-0.15, -0.1) is 0 Å². The van der Waals surface area contributed by atoms with E-state index in [4.69, 9.17) is 9.84 Å². The molecule has 0 spiro atoms. The molecule has 10 heavy (non-hydrogen) atoms. The van der Waals surface area contributed by atoms with Gasteiger partial charge < -0.3 is 9.84 Å². The third kappa shape index (κ3) is 0.671. The van der Waals surface area contributed by atoms with Gasteiger partial charge in [-0.2, -0.15) is 0 Å². The number of carboxylic acid groups (broad SMARTS) is 1. The zero-order valence-corrected chi connectivity index (χ0v) is 5.36. The Morgan fingerprint density at radius 2 is 2.40 bits per heavy atom. The van der Waals surface area contributed by atoms with Gasteiger partial charge in [0.05, 0.1) is 18.1 Å². The van der Waals surface area contributed by atoms with Crippen molar-refractivity contribution in [1.82, 2.24) is 0 Å². The molecule has 1 N–H and O–H groups in total. The Hall–Kier alpha value is -0.830. The molecule has 3 atom stereocenters. The summed E-state index contributed by atoms with van der Waals surface area (Å²) in [6.07, 6.45) is 4.35. The smallest absolute Gasteiger partial charge is 0.309 e. The molecule has 1 fully saturated rings. The lowest BCUT2D eigenvalue weighted by atomic mass is 9.95. The van der Waals surface area contributed by atoms with Gasteiger partial charge in [-0.1, -0.05) is 12.2 Å². The van der Waals surface area contributed by atoms with Crippen LogP contribution in [0.15, 0.2) is 12.2 Å². The summed E-state index contributed by atoms with van der Waals surface area (Å²) < 4.78 is 5.25. The van der Waals surface area contributed by atoms with Crippen LogP contribution in [0.4, 0.5) is 0 Å². The Bertz CT molecular complexity index is 197. The monoisotopic (exact) mass is 140 g/mol. The average molecular weight is 140 g/mol. The molecular weight excluding hydrogens is 132 g/mol. The molecule has 54 valence electrons. The van der Waals surface area contributed by atoms with E-state index >= 15 is 0 Å². The maximum Gasteiger partial charge on any atom is 0.309 e. The van der Waals surface area contributed by atoms with Gasteiger partial charge in [0.2, 0.25) is 0 Å². The van der Waals surface area contributed by atoms with Crippen molar-refractivity contribution in [2.75, 3.05) is 0 Å². The van der Waals surface area contributed by atoms with Crippen molar-refractivity contribution >= 4 is 5.97 Å². The molecule has 2 aliphatic heterocycles. The Kier molecular flexibility index (Phi) is 1.08. The van der Waals surface area contributed by atoms with E-state index in [1.54, 1.807) is 0 Å². The van der Waals surface area contributed by atoms with Crippen molar-refractivity contribution in [3.05, 3.63) is 12.2 Å². The van der Waals surface area contributed by atoms with Crippen LogP contribution in [0.5, 0.6) is 0 Å². The van der Waals surface area contributed by atoms with E-state index in [0.717, 1.165) is 0 Å². The fraction of sp³-hybridized carbons (Fsp3) is 0.571. The highest BCUT2D eigenvalue weighted by atomic mass is 16.5. The summed E-state index contributed by atoms with van der Waals surface area (Å²) in [5, 5.41) is 8.62. The van der Waals surface area contributed by atoms with Gasteiger partial charge in [0.1, 0.15) is 0 Å². The number of rotatable bonds is 1. The molecular formula is C7H8O3. The minimum atomic E-state index is -0.739. The highest BCUT2D eigenvalue weighted by Gasteiger charge is 2.40. The van der Waals surface area contributed by atoms with Crippen molar-refractivity contribution in [3.63, 3.8) is 0 Å². The summed E-state index contributed by atoms with van der Waals surface area (Å²) in [4.78, 5) is 10.5. The number of carboxylic acids is 1. The number of carbonyl (C=O) groups is 1. The number of aliphatic carboxylic acids is 1. The van der Waals surface area contributed by atoms with Crippen molar-refractivity contribution in [1.29, 1.82) is 0 Å². The molecule has 0 aliphatic carbocycles.